The molecule has 4 nitrogen and oxygen atoms in total. The number of piperidine rings is 1. The van der Waals surface area contributed by atoms with Crippen molar-refractivity contribution in [3.8, 4) is 0 Å². The lowest BCUT2D eigenvalue weighted by Gasteiger charge is -2.23. The fourth-order valence-electron chi connectivity index (χ4n) is 1.89. The van der Waals surface area contributed by atoms with Crippen LogP contribution in [-0.4, -0.2) is 33.3 Å². The molecule has 0 aromatic heterocycles. The van der Waals surface area contributed by atoms with E-state index in [2.05, 4.69) is 17.0 Å². The van der Waals surface area contributed by atoms with Crippen molar-refractivity contribution in [2.24, 2.45) is 5.41 Å². The first-order valence-corrected chi connectivity index (χ1v) is 7.26. The number of rotatable bonds is 4. The molecule has 88 valence electrons. The molecule has 0 spiro atoms. The summed E-state index contributed by atoms with van der Waals surface area (Å²) in [5.74, 6) is 0. The Balaban J connectivity index is 1.87. The van der Waals surface area contributed by atoms with Crippen LogP contribution in [0.25, 0.3) is 0 Å². The van der Waals surface area contributed by atoms with Gasteiger partial charge in [0.05, 0.1) is 5.25 Å². The monoisotopic (exact) mass is 232 g/mol. The highest BCUT2D eigenvalue weighted by atomic mass is 32.2. The lowest BCUT2D eigenvalue weighted by Crippen LogP contribution is -2.42. The van der Waals surface area contributed by atoms with E-state index in [-0.39, 0.29) is 10.7 Å². The highest BCUT2D eigenvalue weighted by molar-refractivity contribution is 7.90. The van der Waals surface area contributed by atoms with Crippen LogP contribution in [0.2, 0.25) is 0 Å². The average molecular weight is 232 g/mol. The highest BCUT2D eigenvalue weighted by Gasteiger charge is 2.39. The van der Waals surface area contributed by atoms with Crippen LogP contribution >= 0.6 is 0 Å². The molecular formula is C10H20N2O2S. The Bertz CT molecular complexity index is 316. The molecule has 2 aliphatic rings. The smallest absolute Gasteiger partial charge is 0.214 e. The molecule has 1 heterocycles. The van der Waals surface area contributed by atoms with Crippen molar-refractivity contribution in [1.29, 1.82) is 0 Å². The van der Waals surface area contributed by atoms with E-state index in [1.54, 1.807) is 0 Å². The van der Waals surface area contributed by atoms with Crippen molar-refractivity contribution < 1.29 is 8.42 Å². The standard InChI is InChI=1S/C10H20N2O2S/c1-10(4-5-10)8-12-15(13,14)9-2-6-11-7-3-9/h9,11-12H,2-8H2,1H3. The molecule has 5 heteroatoms. The first kappa shape index (κ1) is 11.4. The third kappa shape index (κ3) is 2.92. The van der Waals surface area contributed by atoms with Crippen molar-refractivity contribution >= 4 is 10.0 Å². The maximum Gasteiger partial charge on any atom is 0.214 e. The molecule has 1 aliphatic carbocycles. The summed E-state index contributed by atoms with van der Waals surface area (Å²) in [6.07, 6.45) is 3.79. The molecule has 0 radical (unpaired) electrons. The van der Waals surface area contributed by atoms with Gasteiger partial charge in [-0.3, -0.25) is 0 Å². The molecule has 0 amide bonds. The molecule has 0 bridgehead atoms. The van der Waals surface area contributed by atoms with Crippen LogP contribution in [0.1, 0.15) is 32.6 Å². The van der Waals surface area contributed by atoms with Gasteiger partial charge in [-0.1, -0.05) is 6.92 Å². The van der Waals surface area contributed by atoms with Crippen LogP contribution in [-0.2, 0) is 10.0 Å². The minimum absolute atomic E-state index is 0.180. The first-order valence-electron chi connectivity index (χ1n) is 5.71. The van der Waals surface area contributed by atoms with Gasteiger partial charge in [0, 0.05) is 6.54 Å². The van der Waals surface area contributed by atoms with Crippen LogP contribution in [0.5, 0.6) is 0 Å². The second-order valence-corrected chi connectivity index (χ2v) is 7.17. The van der Waals surface area contributed by atoms with Crippen LogP contribution in [0.15, 0.2) is 0 Å². The molecule has 1 aliphatic heterocycles. The average Bonchev–Trinajstić information content (AvgIpc) is 2.96. The van der Waals surface area contributed by atoms with Crippen molar-refractivity contribution in [2.75, 3.05) is 19.6 Å². The van der Waals surface area contributed by atoms with Gasteiger partial charge in [-0.25, -0.2) is 13.1 Å². The zero-order valence-electron chi connectivity index (χ0n) is 9.25. The number of nitrogens with one attached hydrogen (secondary N) is 2. The van der Waals surface area contributed by atoms with Gasteiger partial charge in [-0.05, 0) is 44.2 Å². The molecular weight excluding hydrogens is 212 g/mol. The van der Waals surface area contributed by atoms with E-state index in [1.807, 2.05) is 0 Å². The summed E-state index contributed by atoms with van der Waals surface area (Å²) in [6, 6.07) is 0. The van der Waals surface area contributed by atoms with E-state index in [4.69, 9.17) is 0 Å². The first-order chi connectivity index (χ1) is 7.02. The van der Waals surface area contributed by atoms with Gasteiger partial charge in [-0.15, -0.1) is 0 Å². The molecule has 2 rings (SSSR count). The van der Waals surface area contributed by atoms with Crippen LogP contribution in [0.3, 0.4) is 0 Å². The minimum Gasteiger partial charge on any atom is -0.317 e. The largest absolute Gasteiger partial charge is 0.317 e. The van der Waals surface area contributed by atoms with Gasteiger partial charge in [0.1, 0.15) is 0 Å². The summed E-state index contributed by atoms with van der Waals surface area (Å²) < 4.78 is 26.6. The Kier molecular flexibility index (Phi) is 3.05. The zero-order chi connectivity index (χ0) is 10.9. The van der Waals surface area contributed by atoms with Crippen LogP contribution in [0.4, 0.5) is 0 Å². The van der Waals surface area contributed by atoms with E-state index in [1.165, 1.54) is 0 Å². The van der Waals surface area contributed by atoms with Crippen molar-refractivity contribution in [3.63, 3.8) is 0 Å². The quantitative estimate of drug-likeness (QED) is 0.740. The van der Waals surface area contributed by atoms with Crippen molar-refractivity contribution in [2.45, 2.75) is 37.9 Å². The molecule has 0 atom stereocenters. The fraction of sp³-hybridized carbons (Fsp3) is 1.00. The second-order valence-electron chi connectivity index (χ2n) is 5.13. The normalized spacial score (nSPS) is 26.5. The number of hydrogen-bond acceptors (Lipinski definition) is 3. The summed E-state index contributed by atoms with van der Waals surface area (Å²) in [7, 11) is -3.07. The molecule has 2 fully saturated rings. The Hall–Kier alpha value is -0.130. The maximum absolute atomic E-state index is 11.9. The third-order valence-corrected chi connectivity index (χ3v) is 5.42. The van der Waals surface area contributed by atoms with E-state index in [0.717, 1.165) is 38.8 Å². The van der Waals surface area contributed by atoms with Gasteiger partial charge in [0.2, 0.25) is 10.0 Å². The molecule has 0 unspecified atom stereocenters. The van der Waals surface area contributed by atoms with Crippen LogP contribution < -0.4 is 10.0 Å². The maximum atomic E-state index is 11.9. The van der Waals surface area contributed by atoms with E-state index in [9.17, 15) is 8.42 Å². The number of hydrogen-bond donors (Lipinski definition) is 2. The Morgan fingerprint density at radius 3 is 2.47 bits per heavy atom. The lowest BCUT2D eigenvalue weighted by atomic mass is 10.1. The van der Waals surface area contributed by atoms with E-state index < -0.39 is 10.0 Å². The van der Waals surface area contributed by atoms with Gasteiger partial charge in [0.15, 0.2) is 0 Å². The molecule has 1 saturated heterocycles. The molecule has 2 N–H and O–H groups in total. The molecule has 1 saturated carbocycles. The summed E-state index contributed by atoms with van der Waals surface area (Å²) >= 11 is 0. The lowest BCUT2D eigenvalue weighted by molar-refractivity contribution is 0.478. The molecule has 15 heavy (non-hydrogen) atoms. The van der Waals surface area contributed by atoms with Gasteiger partial charge < -0.3 is 5.32 Å². The summed E-state index contributed by atoms with van der Waals surface area (Å²) in [6.45, 7) is 4.41. The minimum atomic E-state index is -3.07. The van der Waals surface area contributed by atoms with E-state index in [0.29, 0.717) is 6.54 Å². The Morgan fingerprint density at radius 2 is 1.93 bits per heavy atom. The fourth-order valence-corrected chi connectivity index (χ4v) is 3.53. The van der Waals surface area contributed by atoms with Crippen molar-refractivity contribution in [3.05, 3.63) is 0 Å². The summed E-state index contributed by atoms with van der Waals surface area (Å²) in [5, 5.41) is 3.00. The van der Waals surface area contributed by atoms with Gasteiger partial charge in [-0.2, -0.15) is 0 Å². The summed E-state index contributed by atoms with van der Waals surface area (Å²) in [4.78, 5) is 0. The Morgan fingerprint density at radius 1 is 1.33 bits per heavy atom. The topological polar surface area (TPSA) is 58.2 Å². The second kappa shape index (κ2) is 4.03. The van der Waals surface area contributed by atoms with Crippen LogP contribution in [0, 0.1) is 5.41 Å². The predicted octanol–water partition coefficient (Wildman–Crippen LogP) is 0.458. The van der Waals surface area contributed by atoms with Gasteiger partial charge in [0.25, 0.3) is 0 Å². The third-order valence-electron chi connectivity index (χ3n) is 3.53. The van der Waals surface area contributed by atoms with E-state index >= 15 is 0 Å². The molecule has 0 aromatic rings. The molecule has 0 aromatic carbocycles. The van der Waals surface area contributed by atoms with Gasteiger partial charge >= 0.3 is 0 Å². The Labute approximate surface area is 91.9 Å². The predicted molar refractivity (Wildman–Crippen MR) is 60.2 cm³/mol. The highest BCUT2D eigenvalue weighted by Crippen LogP contribution is 2.44. The summed E-state index contributed by atoms with van der Waals surface area (Å²) in [5.41, 5.74) is 0.250. The zero-order valence-corrected chi connectivity index (χ0v) is 10.1. The van der Waals surface area contributed by atoms with Crippen molar-refractivity contribution in [1.82, 2.24) is 10.0 Å². The SMILES string of the molecule is CC1(CNS(=O)(=O)C2CCNCC2)CC1. The number of sulfonamides is 1.